The second kappa shape index (κ2) is 6.48. The molecule has 1 aliphatic heterocycles. The molecule has 106 valence electrons. The molecule has 1 aromatic rings. The van der Waals surface area contributed by atoms with Gasteiger partial charge in [-0.15, -0.1) is 12.4 Å². The number of hydrogen-bond acceptors (Lipinski definition) is 5. The van der Waals surface area contributed by atoms with Gasteiger partial charge in [-0.1, -0.05) is 0 Å². The van der Waals surface area contributed by atoms with Gasteiger partial charge in [0.05, 0.1) is 17.4 Å². The number of likely N-dealkylation sites (tertiary alicyclic amines) is 1. The van der Waals surface area contributed by atoms with E-state index in [1.54, 1.807) is 4.90 Å². The summed E-state index contributed by atoms with van der Waals surface area (Å²) in [6, 6.07) is 1.30. The van der Waals surface area contributed by atoms with Gasteiger partial charge in [0.25, 0.3) is 0 Å². The lowest BCUT2D eigenvalue weighted by atomic mass is 10.1. The Morgan fingerprint density at radius 2 is 2.37 bits per heavy atom. The highest BCUT2D eigenvalue weighted by Crippen LogP contribution is 2.10. The fraction of sp³-hybridized carbons (Fsp3) is 0.600. The normalized spacial score (nSPS) is 18.8. The van der Waals surface area contributed by atoms with Crippen molar-refractivity contribution in [2.24, 2.45) is 5.73 Å². The summed E-state index contributed by atoms with van der Waals surface area (Å²) in [5, 5.41) is 14.2. The van der Waals surface area contributed by atoms with E-state index in [-0.39, 0.29) is 36.7 Å². The molecule has 0 saturated carbocycles. The van der Waals surface area contributed by atoms with Crippen LogP contribution in [0.2, 0.25) is 0 Å². The molecule has 1 aliphatic rings. The first-order valence-corrected chi connectivity index (χ1v) is 5.77. The maximum absolute atomic E-state index is 11.9. The number of carbonyl (C=O) groups excluding carboxylic acids is 1. The van der Waals surface area contributed by atoms with Gasteiger partial charge in [-0.05, 0) is 17.8 Å². The van der Waals surface area contributed by atoms with E-state index in [4.69, 9.17) is 5.73 Å². The molecule has 1 aromatic heterocycles. The molecule has 2 N–H and O–H groups in total. The van der Waals surface area contributed by atoms with Gasteiger partial charge in [-0.3, -0.25) is 4.79 Å². The Labute approximate surface area is 116 Å². The SMILES string of the molecule is Cl.NC1CCCN(C(=O)Cn2ccc([N+](=O)[O-])n2)C1. The zero-order chi connectivity index (χ0) is 13.1. The van der Waals surface area contributed by atoms with Crippen molar-refractivity contribution in [2.45, 2.75) is 25.4 Å². The number of piperidine rings is 1. The van der Waals surface area contributed by atoms with Crippen LogP contribution in [0.15, 0.2) is 12.3 Å². The van der Waals surface area contributed by atoms with Crippen LogP contribution in [0.3, 0.4) is 0 Å². The van der Waals surface area contributed by atoms with E-state index in [1.807, 2.05) is 0 Å². The molecule has 1 atom stereocenters. The van der Waals surface area contributed by atoms with E-state index >= 15 is 0 Å². The maximum atomic E-state index is 11.9. The largest absolute Gasteiger partial charge is 0.389 e. The smallest absolute Gasteiger partial charge is 0.358 e. The van der Waals surface area contributed by atoms with Gasteiger partial charge in [0.2, 0.25) is 5.91 Å². The van der Waals surface area contributed by atoms with Gasteiger partial charge in [-0.25, -0.2) is 0 Å². The number of hydrogen-bond donors (Lipinski definition) is 1. The molecule has 2 heterocycles. The summed E-state index contributed by atoms with van der Waals surface area (Å²) in [5.74, 6) is -0.360. The average molecular weight is 290 g/mol. The number of nitrogens with zero attached hydrogens (tertiary/aromatic N) is 4. The predicted molar refractivity (Wildman–Crippen MR) is 69.9 cm³/mol. The number of halogens is 1. The highest BCUT2D eigenvalue weighted by molar-refractivity contribution is 5.85. The van der Waals surface area contributed by atoms with Crippen LogP contribution in [0.4, 0.5) is 5.82 Å². The molecule has 0 spiro atoms. The van der Waals surface area contributed by atoms with Crippen molar-refractivity contribution < 1.29 is 9.72 Å². The van der Waals surface area contributed by atoms with Gasteiger partial charge < -0.3 is 20.7 Å². The van der Waals surface area contributed by atoms with Crippen molar-refractivity contribution in [3.63, 3.8) is 0 Å². The average Bonchev–Trinajstić information content (AvgIpc) is 2.77. The molecule has 0 aromatic carbocycles. The molecule has 1 amide bonds. The zero-order valence-electron chi connectivity index (χ0n) is 10.3. The van der Waals surface area contributed by atoms with Crippen LogP contribution in [0.1, 0.15) is 12.8 Å². The Kier molecular flexibility index (Phi) is 5.25. The fourth-order valence-corrected chi connectivity index (χ4v) is 2.01. The van der Waals surface area contributed by atoms with Gasteiger partial charge in [0, 0.05) is 19.1 Å². The third-order valence-corrected chi connectivity index (χ3v) is 2.92. The minimum Gasteiger partial charge on any atom is -0.358 e. The van der Waals surface area contributed by atoms with Crippen LogP contribution in [0.5, 0.6) is 0 Å². The highest BCUT2D eigenvalue weighted by Gasteiger charge is 2.22. The van der Waals surface area contributed by atoms with Crippen LogP contribution in [0.25, 0.3) is 0 Å². The summed E-state index contributed by atoms with van der Waals surface area (Å²) in [6.07, 6.45) is 3.25. The second-order valence-electron chi connectivity index (χ2n) is 4.37. The molecule has 0 radical (unpaired) electrons. The Morgan fingerprint density at radius 1 is 1.63 bits per heavy atom. The first kappa shape index (κ1) is 15.4. The first-order valence-electron chi connectivity index (χ1n) is 5.77. The van der Waals surface area contributed by atoms with Crippen molar-refractivity contribution in [1.29, 1.82) is 0 Å². The lowest BCUT2D eigenvalue weighted by Gasteiger charge is -2.30. The molecule has 1 fully saturated rings. The van der Waals surface area contributed by atoms with Gasteiger partial charge in [0.15, 0.2) is 0 Å². The Balaban J connectivity index is 0.00000180. The van der Waals surface area contributed by atoms with Gasteiger partial charge in [-0.2, -0.15) is 4.68 Å². The zero-order valence-corrected chi connectivity index (χ0v) is 11.1. The van der Waals surface area contributed by atoms with E-state index in [2.05, 4.69) is 5.10 Å². The van der Waals surface area contributed by atoms with Gasteiger partial charge in [0.1, 0.15) is 6.54 Å². The number of carbonyl (C=O) groups is 1. The molecule has 0 bridgehead atoms. The molecule has 1 unspecified atom stereocenters. The number of nitrogens with two attached hydrogens (primary N) is 1. The molecule has 9 heteroatoms. The number of nitro groups is 1. The Hall–Kier alpha value is -1.67. The topological polar surface area (TPSA) is 107 Å². The quantitative estimate of drug-likeness (QED) is 0.630. The minimum atomic E-state index is -0.586. The number of rotatable bonds is 3. The van der Waals surface area contributed by atoms with Crippen LogP contribution < -0.4 is 5.73 Å². The summed E-state index contributed by atoms with van der Waals surface area (Å²) in [4.78, 5) is 23.5. The summed E-state index contributed by atoms with van der Waals surface area (Å²) in [5.41, 5.74) is 5.79. The van der Waals surface area contributed by atoms with E-state index in [0.29, 0.717) is 13.1 Å². The fourth-order valence-electron chi connectivity index (χ4n) is 2.01. The van der Waals surface area contributed by atoms with Gasteiger partial charge >= 0.3 is 5.82 Å². The molecular formula is C10H16ClN5O3. The summed E-state index contributed by atoms with van der Waals surface area (Å²) in [7, 11) is 0. The van der Waals surface area contributed by atoms with Crippen molar-refractivity contribution in [3.8, 4) is 0 Å². The molecule has 2 rings (SSSR count). The number of aromatic nitrogens is 2. The van der Waals surface area contributed by atoms with Crippen LogP contribution in [0, 0.1) is 10.1 Å². The van der Waals surface area contributed by atoms with Crippen LogP contribution in [-0.4, -0.2) is 44.6 Å². The summed E-state index contributed by atoms with van der Waals surface area (Å²) in [6.45, 7) is 1.25. The minimum absolute atomic E-state index is 0. The lowest BCUT2D eigenvalue weighted by Crippen LogP contribution is -2.46. The lowest BCUT2D eigenvalue weighted by molar-refractivity contribution is -0.389. The van der Waals surface area contributed by atoms with Crippen LogP contribution in [-0.2, 0) is 11.3 Å². The van der Waals surface area contributed by atoms with Crippen molar-refractivity contribution in [1.82, 2.24) is 14.7 Å². The van der Waals surface area contributed by atoms with Crippen LogP contribution >= 0.6 is 12.4 Å². The second-order valence-corrected chi connectivity index (χ2v) is 4.37. The highest BCUT2D eigenvalue weighted by atomic mass is 35.5. The Bertz CT molecular complexity index is 464. The first-order chi connectivity index (χ1) is 8.56. The molecule has 8 nitrogen and oxygen atoms in total. The number of amides is 1. The molecule has 0 aliphatic carbocycles. The maximum Gasteiger partial charge on any atom is 0.389 e. The molecule has 1 saturated heterocycles. The predicted octanol–water partition coefficient (Wildman–Crippen LogP) is 0.163. The van der Waals surface area contributed by atoms with Crippen molar-refractivity contribution in [2.75, 3.05) is 13.1 Å². The van der Waals surface area contributed by atoms with E-state index in [1.165, 1.54) is 16.9 Å². The van der Waals surface area contributed by atoms with E-state index in [9.17, 15) is 14.9 Å². The van der Waals surface area contributed by atoms with E-state index < -0.39 is 4.92 Å². The third kappa shape index (κ3) is 3.90. The molecular weight excluding hydrogens is 274 g/mol. The van der Waals surface area contributed by atoms with Crippen molar-refractivity contribution in [3.05, 3.63) is 22.4 Å². The molecule has 19 heavy (non-hydrogen) atoms. The van der Waals surface area contributed by atoms with Crippen molar-refractivity contribution >= 4 is 24.1 Å². The standard InChI is InChI=1S/C10H15N5O3.ClH/c11-8-2-1-4-13(6-8)10(16)7-14-5-3-9(12-14)15(17)18;/h3,5,8H,1-2,4,6-7,11H2;1H. The third-order valence-electron chi connectivity index (χ3n) is 2.92. The summed E-state index contributed by atoms with van der Waals surface area (Å²) >= 11 is 0. The summed E-state index contributed by atoms with van der Waals surface area (Å²) < 4.78 is 1.28. The monoisotopic (exact) mass is 289 g/mol. The van der Waals surface area contributed by atoms with E-state index in [0.717, 1.165) is 12.8 Å². The Morgan fingerprint density at radius 3 is 2.95 bits per heavy atom.